The summed E-state index contributed by atoms with van der Waals surface area (Å²) in [5.74, 6) is -5.39. The van der Waals surface area contributed by atoms with Crippen molar-refractivity contribution in [2.75, 3.05) is 5.32 Å². The lowest BCUT2D eigenvalue weighted by atomic mass is 9.96. The molecular weight excluding hydrogens is 577 g/mol. The zero-order chi connectivity index (χ0) is 31.6. The van der Waals surface area contributed by atoms with E-state index in [1.165, 1.54) is 23.9 Å². The number of pyridine rings is 1. The van der Waals surface area contributed by atoms with Crippen molar-refractivity contribution in [3.63, 3.8) is 0 Å². The molecule has 0 saturated carbocycles. The summed E-state index contributed by atoms with van der Waals surface area (Å²) in [6.45, 7) is 2.91. The van der Waals surface area contributed by atoms with E-state index in [9.17, 15) is 41.4 Å². The van der Waals surface area contributed by atoms with Crippen molar-refractivity contribution in [3.05, 3.63) is 87.7 Å². The maximum Gasteiger partial charge on any atom is 0.408 e. The van der Waals surface area contributed by atoms with Gasteiger partial charge in [-0.3, -0.25) is 19.1 Å². The van der Waals surface area contributed by atoms with E-state index in [1.54, 1.807) is 38.2 Å². The Balaban J connectivity index is 1.63. The number of halogens is 5. The zero-order valence-electron chi connectivity index (χ0n) is 23.1. The number of carboxylic acids is 1. The van der Waals surface area contributed by atoms with Crippen molar-refractivity contribution in [3.8, 4) is 11.1 Å². The van der Waals surface area contributed by atoms with Gasteiger partial charge in [0, 0.05) is 42.5 Å². The van der Waals surface area contributed by atoms with E-state index >= 15 is 0 Å². The van der Waals surface area contributed by atoms with Gasteiger partial charge in [-0.2, -0.15) is 13.2 Å². The second-order valence-corrected chi connectivity index (χ2v) is 9.79. The van der Waals surface area contributed by atoms with Crippen LogP contribution in [0.3, 0.4) is 0 Å². The monoisotopic (exact) mass is 603 g/mol. The van der Waals surface area contributed by atoms with Crippen LogP contribution in [0, 0.1) is 18.6 Å². The Morgan fingerprint density at radius 1 is 1.07 bits per heavy atom. The summed E-state index contributed by atoms with van der Waals surface area (Å²) in [6.07, 6.45) is -2.54. The number of fused-ring (bicyclic) bond motifs is 1. The molecule has 3 N–H and O–H groups in total. The second kappa shape index (κ2) is 12.2. The molecule has 9 nitrogen and oxygen atoms in total. The molecule has 4 rings (SSSR count). The minimum atomic E-state index is -4.68. The molecule has 0 aliphatic heterocycles. The van der Waals surface area contributed by atoms with Gasteiger partial charge >= 0.3 is 12.1 Å². The van der Waals surface area contributed by atoms with E-state index in [4.69, 9.17) is 0 Å². The van der Waals surface area contributed by atoms with Gasteiger partial charge in [-0.1, -0.05) is 25.1 Å². The second-order valence-electron chi connectivity index (χ2n) is 9.79. The van der Waals surface area contributed by atoms with Gasteiger partial charge in [-0.25, -0.2) is 18.6 Å². The highest BCUT2D eigenvalue weighted by Crippen LogP contribution is 2.29. The predicted octanol–water partition coefficient (Wildman–Crippen LogP) is 4.76. The standard InChI is InChI=1S/C29H26F5N5O4/c1-4-23(29(32,33)34)37-16-11-20(30)24(21(31)12-16)26(40)38-22(28(42)43)10-15-7-8-18(25-17(15)6-5-9-35-25)19-13-36-14(2)39(3)27(19)41/h5-9,11-13,22-23,37H,4,10H2,1-3H3,(H,38,40)(H,42,43). The molecule has 4 aromatic rings. The van der Waals surface area contributed by atoms with Gasteiger partial charge in [0.1, 0.15) is 35.1 Å². The molecule has 2 aromatic carbocycles. The molecule has 0 spiro atoms. The van der Waals surface area contributed by atoms with Crippen LogP contribution in [0.5, 0.6) is 0 Å². The maximum atomic E-state index is 14.8. The fourth-order valence-corrected chi connectivity index (χ4v) is 4.58. The number of hydrogen-bond donors (Lipinski definition) is 3. The number of nitrogens with one attached hydrogen (secondary N) is 2. The Hall–Kier alpha value is -4.88. The number of aryl methyl sites for hydroxylation is 1. The molecule has 0 radical (unpaired) electrons. The van der Waals surface area contributed by atoms with Gasteiger partial charge in [0.15, 0.2) is 0 Å². The number of hydrogen-bond acceptors (Lipinski definition) is 6. The number of aliphatic carboxylic acids is 1. The van der Waals surface area contributed by atoms with Gasteiger partial charge in [0.05, 0.1) is 11.1 Å². The number of anilines is 1. The quantitative estimate of drug-likeness (QED) is 0.236. The molecule has 0 fully saturated rings. The number of aromatic nitrogens is 3. The lowest BCUT2D eigenvalue weighted by molar-refractivity contribution is -0.143. The number of carbonyl (C=O) groups excluding carboxylic acids is 1. The van der Waals surface area contributed by atoms with Crippen LogP contribution in [0.15, 0.2) is 53.6 Å². The van der Waals surface area contributed by atoms with Gasteiger partial charge in [-0.05, 0) is 37.1 Å². The third kappa shape index (κ3) is 6.47. The number of benzene rings is 2. The molecule has 2 unspecified atom stereocenters. The summed E-state index contributed by atoms with van der Waals surface area (Å²) in [5.41, 5.74) is -0.549. The smallest absolute Gasteiger partial charge is 0.408 e. The summed E-state index contributed by atoms with van der Waals surface area (Å²) in [4.78, 5) is 46.4. The van der Waals surface area contributed by atoms with Crippen LogP contribution >= 0.6 is 0 Å². The van der Waals surface area contributed by atoms with Crippen molar-refractivity contribution >= 4 is 28.5 Å². The average molecular weight is 604 g/mol. The van der Waals surface area contributed by atoms with Crippen LogP contribution in [-0.2, 0) is 18.3 Å². The third-order valence-corrected chi connectivity index (χ3v) is 6.99. The number of amides is 1. The van der Waals surface area contributed by atoms with Gasteiger partial charge in [0.25, 0.3) is 11.5 Å². The number of carbonyl (C=O) groups is 2. The number of nitrogens with zero attached hydrogens (tertiary/aromatic N) is 3. The van der Waals surface area contributed by atoms with E-state index in [0.29, 0.717) is 40.0 Å². The van der Waals surface area contributed by atoms with Crippen molar-refractivity contribution in [2.45, 2.75) is 44.9 Å². The first-order chi connectivity index (χ1) is 20.2. The summed E-state index contributed by atoms with van der Waals surface area (Å²) < 4.78 is 70.2. The SMILES string of the molecule is CCC(Nc1cc(F)c(C(=O)NC(Cc2ccc(-c3cnc(C)n(C)c3=O)c3ncccc23)C(=O)O)c(F)c1)C(F)(F)F. The highest BCUT2D eigenvalue weighted by Gasteiger charge is 2.38. The molecule has 0 bridgehead atoms. The number of alkyl halides is 3. The summed E-state index contributed by atoms with van der Waals surface area (Å²) in [6, 6.07) is 3.67. The Bertz CT molecular complexity index is 1750. The topological polar surface area (TPSA) is 126 Å². The third-order valence-electron chi connectivity index (χ3n) is 6.99. The van der Waals surface area contributed by atoms with E-state index in [2.05, 4.69) is 15.3 Å². The average Bonchev–Trinajstić information content (AvgIpc) is 2.93. The minimum absolute atomic E-state index is 0.260. The largest absolute Gasteiger partial charge is 0.480 e. The molecular formula is C29H26F5N5O4. The number of carboxylic acid groups (broad SMARTS) is 1. The Morgan fingerprint density at radius 2 is 1.74 bits per heavy atom. The van der Waals surface area contributed by atoms with Gasteiger partial charge in [-0.15, -0.1) is 0 Å². The van der Waals surface area contributed by atoms with Gasteiger partial charge < -0.3 is 15.7 Å². The first-order valence-corrected chi connectivity index (χ1v) is 13.0. The Kier molecular flexibility index (Phi) is 8.78. The van der Waals surface area contributed by atoms with Crippen LogP contribution in [0.4, 0.5) is 27.6 Å². The van der Waals surface area contributed by atoms with Crippen LogP contribution in [0.25, 0.3) is 22.0 Å². The Labute approximate surface area is 241 Å². The molecule has 43 heavy (non-hydrogen) atoms. The lowest BCUT2D eigenvalue weighted by Gasteiger charge is -2.22. The molecule has 2 heterocycles. The Morgan fingerprint density at radius 3 is 2.35 bits per heavy atom. The summed E-state index contributed by atoms with van der Waals surface area (Å²) >= 11 is 0. The molecule has 14 heteroatoms. The van der Waals surface area contributed by atoms with Crippen molar-refractivity contribution in [2.24, 2.45) is 7.05 Å². The van der Waals surface area contributed by atoms with Crippen molar-refractivity contribution in [1.82, 2.24) is 19.9 Å². The highest BCUT2D eigenvalue weighted by atomic mass is 19.4. The normalized spacial score (nSPS) is 13.0. The molecule has 2 aromatic heterocycles. The fourth-order valence-electron chi connectivity index (χ4n) is 4.58. The molecule has 2 atom stereocenters. The molecule has 1 amide bonds. The predicted molar refractivity (Wildman–Crippen MR) is 148 cm³/mol. The van der Waals surface area contributed by atoms with E-state index in [-0.39, 0.29) is 17.5 Å². The van der Waals surface area contributed by atoms with Crippen LogP contribution in [-0.4, -0.2) is 49.8 Å². The highest BCUT2D eigenvalue weighted by molar-refractivity contribution is 5.98. The summed E-state index contributed by atoms with van der Waals surface area (Å²) in [7, 11) is 1.57. The van der Waals surface area contributed by atoms with E-state index in [0.717, 1.165) is 0 Å². The van der Waals surface area contributed by atoms with E-state index < -0.39 is 59.4 Å². The van der Waals surface area contributed by atoms with Crippen LogP contribution < -0.4 is 16.2 Å². The molecule has 0 aliphatic carbocycles. The number of rotatable bonds is 9. The lowest BCUT2D eigenvalue weighted by Crippen LogP contribution is -2.43. The van der Waals surface area contributed by atoms with E-state index in [1.807, 2.05) is 5.32 Å². The van der Waals surface area contributed by atoms with Crippen LogP contribution in [0.1, 0.15) is 35.1 Å². The molecule has 0 aliphatic rings. The van der Waals surface area contributed by atoms with Crippen LogP contribution in [0.2, 0.25) is 0 Å². The van der Waals surface area contributed by atoms with Gasteiger partial charge in [0.2, 0.25) is 0 Å². The maximum absolute atomic E-state index is 14.8. The molecule has 0 saturated heterocycles. The fraction of sp³-hybridized carbons (Fsp3) is 0.276. The first kappa shape index (κ1) is 31.1. The molecule has 226 valence electrons. The zero-order valence-corrected chi connectivity index (χ0v) is 23.1. The first-order valence-electron chi connectivity index (χ1n) is 13.0. The van der Waals surface area contributed by atoms with Crippen molar-refractivity contribution in [1.29, 1.82) is 0 Å². The van der Waals surface area contributed by atoms with Crippen molar-refractivity contribution < 1.29 is 36.6 Å². The minimum Gasteiger partial charge on any atom is -0.480 e. The summed E-state index contributed by atoms with van der Waals surface area (Å²) in [5, 5.41) is 14.4.